The Morgan fingerprint density at radius 2 is 2.21 bits per heavy atom. The van der Waals surface area contributed by atoms with Gasteiger partial charge < -0.3 is 15.0 Å². The molecule has 2 heterocycles. The average molecular weight is 266 g/mol. The number of ether oxygens (including phenoxy) is 1. The molecule has 1 unspecified atom stereocenters. The van der Waals surface area contributed by atoms with Crippen molar-refractivity contribution in [3.8, 4) is 0 Å². The van der Waals surface area contributed by atoms with E-state index in [1.807, 2.05) is 10.9 Å². The summed E-state index contributed by atoms with van der Waals surface area (Å²) in [7, 11) is 3.92. The van der Waals surface area contributed by atoms with Gasteiger partial charge in [0.05, 0.1) is 25.0 Å². The molecule has 1 aliphatic rings. The Morgan fingerprint density at radius 1 is 1.47 bits per heavy atom. The van der Waals surface area contributed by atoms with Crippen LogP contribution in [-0.4, -0.2) is 54.6 Å². The van der Waals surface area contributed by atoms with Crippen LogP contribution in [0.5, 0.6) is 0 Å². The number of piperidine rings is 1. The number of hydrogen-bond acceptors (Lipinski definition) is 4. The van der Waals surface area contributed by atoms with Crippen molar-refractivity contribution >= 4 is 5.69 Å². The van der Waals surface area contributed by atoms with Crippen molar-refractivity contribution in [2.24, 2.45) is 5.92 Å². The smallest absolute Gasteiger partial charge is 0.0728 e. The van der Waals surface area contributed by atoms with Crippen LogP contribution in [0.15, 0.2) is 12.4 Å². The van der Waals surface area contributed by atoms with Crippen molar-refractivity contribution in [3.05, 3.63) is 12.4 Å². The molecule has 1 aromatic rings. The lowest BCUT2D eigenvalue weighted by Crippen LogP contribution is -2.37. The Bertz CT molecular complexity index is 371. The van der Waals surface area contributed by atoms with Gasteiger partial charge in [-0.25, -0.2) is 0 Å². The zero-order valence-electron chi connectivity index (χ0n) is 12.3. The van der Waals surface area contributed by atoms with Gasteiger partial charge in [-0.2, -0.15) is 5.10 Å². The quantitative estimate of drug-likeness (QED) is 0.850. The molecule has 1 saturated heterocycles. The largest absolute Gasteiger partial charge is 0.383 e. The number of hydrogen-bond donors (Lipinski definition) is 1. The molecule has 0 radical (unpaired) electrons. The van der Waals surface area contributed by atoms with Crippen molar-refractivity contribution in [2.75, 3.05) is 39.2 Å². The van der Waals surface area contributed by atoms with Gasteiger partial charge in [0.1, 0.15) is 0 Å². The molecular weight excluding hydrogens is 240 g/mol. The lowest BCUT2D eigenvalue weighted by Gasteiger charge is -2.33. The minimum absolute atomic E-state index is 0.508. The highest BCUT2D eigenvalue weighted by molar-refractivity contribution is 5.39. The fraction of sp³-hybridized carbons (Fsp3) is 0.786. The molecule has 0 aliphatic carbocycles. The highest BCUT2D eigenvalue weighted by Crippen LogP contribution is 2.22. The molecule has 1 N–H and O–H groups in total. The van der Waals surface area contributed by atoms with E-state index >= 15 is 0 Å². The third kappa shape index (κ3) is 4.21. The molecule has 19 heavy (non-hydrogen) atoms. The topological polar surface area (TPSA) is 42.3 Å². The molecule has 5 nitrogen and oxygen atoms in total. The summed E-state index contributed by atoms with van der Waals surface area (Å²) in [4.78, 5) is 2.41. The average Bonchev–Trinajstić information content (AvgIpc) is 2.84. The summed E-state index contributed by atoms with van der Waals surface area (Å²) in [5.74, 6) is 0.763. The SMILES string of the molecule is COCCn1cc(NC(C)C2CCN(C)CC2)cn1. The van der Waals surface area contributed by atoms with E-state index in [-0.39, 0.29) is 0 Å². The molecule has 1 fully saturated rings. The molecule has 0 aromatic carbocycles. The van der Waals surface area contributed by atoms with Crippen LogP contribution in [0.1, 0.15) is 19.8 Å². The molecule has 1 atom stereocenters. The number of rotatable bonds is 6. The number of anilines is 1. The van der Waals surface area contributed by atoms with Crippen molar-refractivity contribution in [2.45, 2.75) is 32.4 Å². The van der Waals surface area contributed by atoms with E-state index in [1.54, 1.807) is 7.11 Å². The van der Waals surface area contributed by atoms with Crippen LogP contribution in [0.4, 0.5) is 5.69 Å². The van der Waals surface area contributed by atoms with Crippen LogP contribution in [0.3, 0.4) is 0 Å². The second-order valence-corrected chi connectivity index (χ2v) is 5.56. The van der Waals surface area contributed by atoms with Gasteiger partial charge in [-0.1, -0.05) is 0 Å². The minimum atomic E-state index is 0.508. The molecule has 0 spiro atoms. The highest BCUT2D eigenvalue weighted by atomic mass is 16.5. The number of nitrogens with one attached hydrogen (secondary N) is 1. The molecule has 0 amide bonds. The first-order chi connectivity index (χ1) is 9.19. The third-order valence-electron chi connectivity index (χ3n) is 4.02. The van der Waals surface area contributed by atoms with Crippen molar-refractivity contribution in [1.82, 2.24) is 14.7 Å². The lowest BCUT2D eigenvalue weighted by atomic mass is 9.90. The summed E-state index contributed by atoms with van der Waals surface area (Å²) in [5, 5.41) is 7.91. The van der Waals surface area contributed by atoms with E-state index in [0.717, 1.165) is 18.2 Å². The second kappa shape index (κ2) is 6.91. The summed E-state index contributed by atoms with van der Waals surface area (Å²) in [6.07, 6.45) is 6.52. The van der Waals surface area contributed by atoms with E-state index in [0.29, 0.717) is 12.6 Å². The monoisotopic (exact) mass is 266 g/mol. The maximum absolute atomic E-state index is 5.06. The third-order valence-corrected chi connectivity index (χ3v) is 4.02. The maximum Gasteiger partial charge on any atom is 0.0728 e. The Labute approximate surface area is 115 Å². The van der Waals surface area contributed by atoms with Gasteiger partial charge in [-0.15, -0.1) is 0 Å². The molecular formula is C14H26N4O. The van der Waals surface area contributed by atoms with Crippen LogP contribution >= 0.6 is 0 Å². The van der Waals surface area contributed by atoms with Gasteiger partial charge in [0.15, 0.2) is 0 Å². The van der Waals surface area contributed by atoms with Gasteiger partial charge in [0.25, 0.3) is 0 Å². The standard InChI is InChI=1S/C14H26N4O/c1-12(13-4-6-17(2)7-5-13)16-14-10-15-18(11-14)8-9-19-3/h10-13,16H,4-9H2,1-3H3. The predicted molar refractivity (Wildman–Crippen MR) is 77.4 cm³/mol. The maximum atomic E-state index is 5.06. The Kier molecular flexibility index (Phi) is 5.22. The summed E-state index contributed by atoms with van der Waals surface area (Å²) < 4.78 is 6.98. The lowest BCUT2D eigenvalue weighted by molar-refractivity contribution is 0.183. The molecule has 108 valence electrons. The highest BCUT2D eigenvalue weighted by Gasteiger charge is 2.22. The Balaban J connectivity index is 1.81. The fourth-order valence-electron chi connectivity index (χ4n) is 2.65. The van der Waals surface area contributed by atoms with Crippen LogP contribution < -0.4 is 5.32 Å². The fourth-order valence-corrected chi connectivity index (χ4v) is 2.65. The van der Waals surface area contributed by atoms with Gasteiger partial charge in [0.2, 0.25) is 0 Å². The predicted octanol–water partition coefficient (Wildman–Crippen LogP) is 1.67. The molecule has 1 aromatic heterocycles. The van der Waals surface area contributed by atoms with Gasteiger partial charge >= 0.3 is 0 Å². The minimum Gasteiger partial charge on any atom is -0.383 e. The first-order valence-corrected chi connectivity index (χ1v) is 7.15. The van der Waals surface area contributed by atoms with E-state index in [2.05, 4.69) is 35.5 Å². The first kappa shape index (κ1) is 14.3. The summed E-state index contributed by atoms with van der Waals surface area (Å²) in [6.45, 7) is 6.21. The molecule has 5 heteroatoms. The van der Waals surface area contributed by atoms with E-state index in [9.17, 15) is 0 Å². The number of likely N-dealkylation sites (tertiary alicyclic amines) is 1. The normalized spacial score (nSPS) is 19.5. The van der Waals surface area contributed by atoms with Crippen LogP contribution in [-0.2, 0) is 11.3 Å². The summed E-state index contributed by atoms with van der Waals surface area (Å²) in [5.41, 5.74) is 1.11. The van der Waals surface area contributed by atoms with Crippen LogP contribution in [0.25, 0.3) is 0 Å². The molecule has 1 aliphatic heterocycles. The van der Waals surface area contributed by atoms with E-state index in [4.69, 9.17) is 4.74 Å². The van der Waals surface area contributed by atoms with Crippen molar-refractivity contribution < 1.29 is 4.74 Å². The van der Waals surface area contributed by atoms with Gasteiger partial charge in [-0.05, 0) is 45.8 Å². The Hall–Kier alpha value is -1.07. The first-order valence-electron chi connectivity index (χ1n) is 7.15. The summed E-state index contributed by atoms with van der Waals surface area (Å²) in [6, 6.07) is 0.508. The molecule has 2 rings (SSSR count). The van der Waals surface area contributed by atoms with E-state index in [1.165, 1.54) is 25.9 Å². The van der Waals surface area contributed by atoms with Gasteiger partial charge in [0, 0.05) is 19.3 Å². The molecule has 0 bridgehead atoms. The van der Waals surface area contributed by atoms with Crippen LogP contribution in [0.2, 0.25) is 0 Å². The summed E-state index contributed by atoms with van der Waals surface area (Å²) >= 11 is 0. The number of nitrogens with zero attached hydrogens (tertiary/aromatic N) is 3. The van der Waals surface area contributed by atoms with Crippen LogP contribution in [0, 0.1) is 5.92 Å². The second-order valence-electron chi connectivity index (χ2n) is 5.56. The zero-order valence-corrected chi connectivity index (χ0v) is 12.3. The number of aromatic nitrogens is 2. The molecule has 0 saturated carbocycles. The van der Waals surface area contributed by atoms with Crippen molar-refractivity contribution in [1.29, 1.82) is 0 Å². The zero-order chi connectivity index (χ0) is 13.7. The number of methoxy groups -OCH3 is 1. The van der Waals surface area contributed by atoms with Gasteiger partial charge in [-0.3, -0.25) is 4.68 Å². The van der Waals surface area contributed by atoms with E-state index < -0.39 is 0 Å². The van der Waals surface area contributed by atoms with Crippen molar-refractivity contribution in [3.63, 3.8) is 0 Å². The Morgan fingerprint density at radius 3 is 2.89 bits per heavy atom.